The summed E-state index contributed by atoms with van der Waals surface area (Å²) in [6.45, 7) is 13.3. The molecule has 1 fully saturated rings. The number of nitrogens with one attached hydrogen (secondary N) is 2. The van der Waals surface area contributed by atoms with Crippen molar-refractivity contribution in [2.24, 2.45) is 0 Å². The summed E-state index contributed by atoms with van der Waals surface area (Å²) in [5, 5.41) is 5.18. The van der Waals surface area contributed by atoms with Gasteiger partial charge in [-0.3, -0.25) is 20.0 Å². The summed E-state index contributed by atoms with van der Waals surface area (Å²) in [4.78, 5) is 37.6. The molecule has 45 heavy (non-hydrogen) atoms. The molecule has 4 rings (SSSR count). The van der Waals surface area contributed by atoms with Gasteiger partial charge in [0.05, 0.1) is 23.7 Å². The molecular formula is C32H39F3N6O4. The SMILES string of the molecule is CCN1CCN(Cc2ccc(C(=O)Nc3ccc(C)c(OCc4cnc(NC(=O)OC(C)(C)C)cn4)c3)cc2C(F)(F)F)CC1. The molecule has 2 N–H and O–H groups in total. The molecule has 1 aliphatic rings. The predicted molar refractivity (Wildman–Crippen MR) is 164 cm³/mol. The Kier molecular flexibility index (Phi) is 10.7. The number of carbonyl (C=O) groups is 2. The number of ether oxygens (including phenoxy) is 2. The number of benzene rings is 2. The predicted octanol–water partition coefficient (Wildman–Crippen LogP) is 6.12. The molecule has 0 bridgehead atoms. The summed E-state index contributed by atoms with van der Waals surface area (Å²) in [7, 11) is 0. The number of piperazine rings is 1. The number of amides is 2. The van der Waals surface area contributed by atoms with Crippen molar-refractivity contribution in [3.05, 3.63) is 76.7 Å². The van der Waals surface area contributed by atoms with Crippen molar-refractivity contribution in [2.45, 2.75) is 59.5 Å². The number of halogens is 3. The number of nitrogens with zero attached hydrogens (tertiary/aromatic N) is 4. The van der Waals surface area contributed by atoms with Gasteiger partial charge < -0.3 is 19.7 Å². The molecule has 10 nitrogen and oxygen atoms in total. The summed E-state index contributed by atoms with van der Waals surface area (Å²) < 4.78 is 53.2. The van der Waals surface area contributed by atoms with Gasteiger partial charge in [0.2, 0.25) is 0 Å². The second kappa shape index (κ2) is 14.2. The van der Waals surface area contributed by atoms with Gasteiger partial charge in [-0.25, -0.2) is 9.78 Å². The third-order valence-electron chi connectivity index (χ3n) is 7.14. The Morgan fingerprint density at radius 2 is 1.64 bits per heavy atom. The zero-order chi connectivity index (χ0) is 32.8. The average Bonchev–Trinajstić information content (AvgIpc) is 2.97. The zero-order valence-corrected chi connectivity index (χ0v) is 26.1. The molecule has 3 aromatic rings. The minimum absolute atomic E-state index is 0.0435. The number of carbonyl (C=O) groups excluding carboxylic acids is 2. The van der Waals surface area contributed by atoms with E-state index in [0.29, 0.717) is 30.2 Å². The number of anilines is 2. The third kappa shape index (κ3) is 9.88. The minimum Gasteiger partial charge on any atom is -0.487 e. The molecule has 2 amide bonds. The van der Waals surface area contributed by atoms with Crippen molar-refractivity contribution in [2.75, 3.05) is 43.4 Å². The first-order chi connectivity index (χ1) is 21.2. The Balaban J connectivity index is 1.39. The van der Waals surface area contributed by atoms with E-state index in [1.54, 1.807) is 39.0 Å². The van der Waals surface area contributed by atoms with Gasteiger partial charge in [0.15, 0.2) is 5.82 Å². The van der Waals surface area contributed by atoms with E-state index in [1.165, 1.54) is 24.5 Å². The van der Waals surface area contributed by atoms with E-state index in [1.807, 2.05) is 11.8 Å². The lowest BCUT2D eigenvalue weighted by molar-refractivity contribution is -0.138. The minimum atomic E-state index is -4.60. The van der Waals surface area contributed by atoms with Gasteiger partial charge in [0, 0.05) is 50.0 Å². The molecule has 2 heterocycles. The highest BCUT2D eigenvalue weighted by Gasteiger charge is 2.34. The Hall–Kier alpha value is -4.23. The van der Waals surface area contributed by atoms with Gasteiger partial charge in [-0.2, -0.15) is 13.2 Å². The van der Waals surface area contributed by atoms with E-state index in [0.717, 1.165) is 31.3 Å². The van der Waals surface area contributed by atoms with E-state index in [2.05, 4.69) is 32.4 Å². The first kappa shape index (κ1) is 33.7. The topological polar surface area (TPSA) is 109 Å². The maximum absolute atomic E-state index is 14.0. The number of likely N-dealkylation sites (N-methyl/N-ethyl adjacent to an activating group) is 1. The normalized spacial score (nSPS) is 14.6. The van der Waals surface area contributed by atoms with Crippen LogP contribution in [0.1, 0.15) is 60.4 Å². The summed E-state index contributed by atoms with van der Waals surface area (Å²) in [6, 6.07) is 8.70. The van der Waals surface area contributed by atoms with Crippen molar-refractivity contribution < 1.29 is 32.2 Å². The van der Waals surface area contributed by atoms with Crippen molar-refractivity contribution in [1.29, 1.82) is 0 Å². The lowest BCUT2D eigenvalue weighted by Crippen LogP contribution is -2.45. The Morgan fingerprint density at radius 3 is 2.27 bits per heavy atom. The van der Waals surface area contributed by atoms with E-state index >= 15 is 0 Å². The molecule has 0 unspecified atom stereocenters. The zero-order valence-electron chi connectivity index (χ0n) is 26.1. The van der Waals surface area contributed by atoms with Crippen LogP contribution in [0.3, 0.4) is 0 Å². The van der Waals surface area contributed by atoms with Gasteiger partial charge in [0.1, 0.15) is 18.0 Å². The molecule has 1 aliphatic heterocycles. The lowest BCUT2D eigenvalue weighted by atomic mass is 10.0. The first-order valence-electron chi connectivity index (χ1n) is 14.7. The number of hydrogen-bond acceptors (Lipinski definition) is 8. The number of rotatable bonds is 9. The fourth-order valence-electron chi connectivity index (χ4n) is 4.71. The summed E-state index contributed by atoms with van der Waals surface area (Å²) in [5.41, 5.74) is 0.188. The van der Waals surface area contributed by atoms with Crippen LogP contribution in [0.5, 0.6) is 5.75 Å². The number of aromatic nitrogens is 2. The van der Waals surface area contributed by atoms with Gasteiger partial charge >= 0.3 is 12.3 Å². The lowest BCUT2D eigenvalue weighted by Gasteiger charge is -2.34. The van der Waals surface area contributed by atoms with Crippen LogP contribution in [-0.4, -0.2) is 70.1 Å². The van der Waals surface area contributed by atoms with Crippen LogP contribution in [0.2, 0.25) is 0 Å². The standard InChI is InChI=1S/C32H39F3N6O4/c1-6-40-11-13-41(14-12-40)19-23-9-8-22(15-26(23)32(33,34)35)29(42)38-24-10-7-21(2)27(16-24)44-20-25-17-37-28(18-36-25)39-30(43)45-31(3,4)5/h7-10,15-18H,6,11-14,19-20H2,1-5H3,(H,38,42)(H,37,39,43). The molecule has 0 aliphatic carbocycles. The number of aryl methyl sites for hydroxylation is 1. The van der Waals surface area contributed by atoms with Crippen LogP contribution in [0, 0.1) is 6.92 Å². The Labute approximate surface area is 260 Å². The fourth-order valence-corrected chi connectivity index (χ4v) is 4.71. The van der Waals surface area contributed by atoms with Crippen molar-refractivity contribution in [1.82, 2.24) is 19.8 Å². The highest BCUT2D eigenvalue weighted by atomic mass is 19.4. The summed E-state index contributed by atoms with van der Waals surface area (Å²) >= 11 is 0. The highest BCUT2D eigenvalue weighted by molar-refractivity contribution is 6.04. The van der Waals surface area contributed by atoms with E-state index in [9.17, 15) is 22.8 Å². The van der Waals surface area contributed by atoms with Crippen LogP contribution in [0.4, 0.5) is 29.5 Å². The van der Waals surface area contributed by atoms with Gasteiger partial charge in [-0.05, 0) is 63.6 Å². The van der Waals surface area contributed by atoms with Gasteiger partial charge in [0.25, 0.3) is 5.91 Å². The van der Waals surface area contributed by atoms with Crippen molar-refractivity contribution in [3.63, 3.8) is 0 Å². The van der Waals surface area contributed by atoms with Crippen molar-refractivity contribution >= 4 is 23.5 Å². The van der Waals surface area contributed by atoms with Crippen LogP contribution < -0.4 is 15.4 Å². The van der Waals surface area contributed by atoms with Crippen LogP contribution in [0.15, 0.2) is 48.8 Å². The van der Waals surface area contributed by atoms with Crippen LogP contribution in [-0.2, 0) is 24.1 Å². The molecule has 242 valence electrons. The molecule has 1 aromatic heterocycles. The highest BCUT2D eigenvalue weighted by Crippen LogP contribution is 2.34. The quantitative estimate of drug-likeness (QED) is 0.292. The molecule has 0 spiro atoms. The maximum Gasteiger partial charge on any atom is 0.416 e. The average molecular weight is 629 g/mol. The Bertz CT molecular complexity index is 1480. The molecule has 0 atom stereocenters. The Morgan fingerprint density at radius 1 is 0.933 bits per heavy atom. The summed E-state index contributed by atoms with van der Waals surface area (Å²) in [6.07, 6.45) is -2.43. The van der Waals surface area contributed by atoms with Gasteiger partial charge in [-0.1, -0.05) is 19.1 Å². The maximum atomic E-state index is 14.0. The number of alkyl halides is 3. The van der Waals surface area contributed by atoms with Crippen molar-refractivity contribution in [3.8, 4) is 5.75 Å². The fraction of sp³-hybridized carbons (Fsp3) is 0.438. The molecule has 0 radical (unpaired) electrons. The molecule has 2 aromatic carbocycles. The molecular weight excluding hydrogens is 589 g/mol. The molecule has 13 heteroatoms. The van der Waals surface area contributed by atoms with Crippen LogP contribution >= 0.6 is 0 Å². The molecule has 1 saturated heterocycles. The smallest absolute Gasteiger partial charge is 0.416 e. The van der Waals surface area contributed by atoms with Crippen LogP contribution in [0.25, 0.3) is 0 Å². The van der Waals surface area contributed by atoms with E-state index < -0.39 is 29.3 Å². The number of hydrogen-bond donors (Lipinski definition) is 2. The molecule has 0 saturated carbocycles. The van der Waals surface area contributed by atoms with E-state index in [-0.39, 0.29) is 30.1 Å². The van der Waals surface area contributed by atoms with E-state index in [4.69, 9.17) is 9.47 Å². The first-order valence-corrected chi connectivity index (χ1v) is 14.7. The second-order valence-electron chi connectivity index (χ2n) is 11.8. The second-order valence-corrected chi connectivity index (χ2v) is 11.8. The summed E-state index contributed by atoms with van der Waals surface area (Å²) in [5.74, 6) is -0.0113. The monoisotopic (exact) mass is 628 g/mol. The largest absolute Gasteiger partial charge is 0.487 e. The van der Waals surface area contributed by atoms with Gasteiger partial charge in [-0.15, -0.1) is 0 Å². The third-order valence-corrected chi connectivity index (χ3v) is 7.14.